The number of aromatic nitrogens is 3. The smallest absolute Gasteiger partial charge is 0.216 e. The van der Waals surface area contributed by atoms with E-state index in [1.165, 1.54) is 17.0 Å². The van der Waals surface area contributed by atoms with E-state index in [-0.39, 0.29) is 42.5 Å². The maximum atomic E-state index is 12.2. The molecule has 47 heavy (non-hydrogen) atoms. The molecule has 6 nitrogen and oxygen atoms in total. The second-order valence-corrected chi connectivity index (χ2v) is 12.8. The van der Waals surface area contributed by atoms with Crippen LogP contribution in [0, 0.1) is 30.7 Å². The zero-order valence-electron chi connectivity index (χ0n) is 28.6. The van der Waals surface area contributed by atoms with Crippen LogP contribution in [0.15, 0.2) is 77.2 Å². The minimum absolute atomic E-state index is 0. The largest absolute Gasteiger partial charge is 0.512 e. The van der Waals surface area contributed by atoms with Crippen LogP contribution in [0.25, 0.3) is 55.0 Å². The molecule has 6 aromatic rings. The Balaban J connectivity index is 0.000000242. The first kappa shape index (κ1) is 35.9. The fourth-order valence-electron chi connectivity index (χ4n) is 5.82. The van der Waals surface area contributed by atoms with Crippen molar-refractivity contribution in [1.29, 1.82) is 0 Å². The molecule has 0 unspecified atom stereocenters. The van der Waals surface area contributed by atoms with Crippen molar-refractivity contribution in [3.63, 3.8) is 0 Å². The van der Waals surface area contributed by atoms with Gasteiger partial charge in [-0.2, -0.15) is 0 Å². The van der Waals surface area contributed by atoms with E-state index < -0.39 is 0 Å². The van der Waals surface area contributed by atoms with E-state index in [1.807, 2.05) is 66.7 Å². The van der Waals surface area contributed by atoms with Gasteiger partial charge in [0.25, 0.3) is 0 Å². The molecule has 0 fully saturated rings. The molecule has 1 N–H and O–H groups in total. The number of carbonyl (C=O) groups excluding carboxylic acids is 1. The summed E-state index contributed by atoms with van der Waals surface area (Å²) in [4.78, 5) is 26.0. The molecule has 0 aliphatic rings. The van der Waals surface area contributed by atoms with Crippen LogP contribution in [0.3, 0.4) is 0 Å². The van der Waals surface area contributed by atoms with E-state index in [2.05, 4.69) is 64.3 Å². The number of allylic oxidation sites excluding steroid dienone is 2. The Kier molecular flexibility index (Phi) is 11.0. The van der Waals surface area contributed by atoms with Crippen LogP contribution in [0.2, 0.25) is 0 Å². The van der Waals surface area contributed by atoms with Crippen LogP contribution < -0.4 is 0 Å². The van der Waals surface area contributed by atoms with Gasteiger partial charge in [-0.25, -0.2) is 9.97 Å². The fraction of sp³-hybridized carbons (Fsp3) is 0.350. The number of carbonyl (C=O) groups is 1. The quantitative estimate of drug-likeness (QED) is 0.0713. The molecular formula is C40H44IrN3O3-. The summed E-state index contributed by atoms with van der Waals surface area (Å²) in [6, 6.07) is 21.9. The fourth-order valence-corrected chi connectivity index (χ4v) is 5.82. The van der Waals surface area contributed by atoms with E-state index in [4.69, 9.17) is 4.42 Å². The van der Waals surface area contributed by atoms with Gasteiger partial charge in [0.15, 0.2) is 5.78 Å². The van der Waals surface area contributed by atoms with Crippen LogP contribution >= 0.6 is 0 Å². The molecule has 7 heteroatoms. The average Bonchev–Trinajstić information content (AvgIpc) is 3.45. The molecule has 0 spiro atoms. The van der Waals surface area contributed by atoms with Crippen molar-refractivity contribution in [3.05, 3.63) is 90.1 Å². The molecule has 3 aromatic carbocycles. The van der Waals surface area contributed by atoms with Gasteiger partial charge in [0.1, 0.15) is 12.1 Å². The Morgan fingerprint density at radius 2 is 1.49 bits per heavy atom. The summed E-state index contributed by atoms with van der Waals surface area (Å²) in [5.41, 5.74) is 5.54. The van der Waals surface area contributed by atoms with Crippen molar-refractivity contribution in [2.24, 2.45) is 10.8 Å². The number of pyridine rings is 1. The van der Waals surface area contributed by atoms with Gasteiger partial charge in [0.05, 0.1) is 11.1 Å². The van der Waals surface area contributed by atoms with Crippen LogP contribution in [0.1, 0.15) is 78.5 Å². The normalized spacial score (nSPS) is 12.3. The first-order valence-corrected chi connectivity index (χ1v) is 16.3. The third-order valence-corrected chi connectivity index (χ3v) is 10.2. The number of fused-ring (bicyclic) bond motifs is 6. The van der Waals surface area contributed by atoms with Crippen LogP contribution in [-0.2, 0) is 24.9 Å². The van der Waals surface area contributed by atoms with Crippen molar-refractivity contribution in [2.45, 2.75) is 81.1 Å². The number of aryl methyl sites for hydroxylation is 2. The molecule has 0 bridgehead atoms. The number of aliphatic hydroxyl groups excluding tert-OH is 1. The van der Waals surface area contributed by atoms with Gasteiger partial charge >= 0.3 is 0 Å². The molecule has 0 saturated heterocycles. The Hall–Kier alpha value is -3.93. The van der Waals surface area contributed by atoms with Crippen LogP contribution in [0.5, 0.6) is 0 Å². The molecule has 0 atom stereocenters. The number of aliphatic hydroxyl groups is 1. The van der Waals surface area contributed by atoms with E-state index >= 15 is 0 Å². The zero-order valence-corrected chi connectivity index (χ0v) is 31.0. The average molecular weight is 807 g/mol. The monoisotopic (exact) mass is 807 g/mol. The van der Waals surface area contributed by atoms with Crippen LogP contribution in [-0.4, -0.2) is 25.8 Å². The Bertz CT molecular complexity index is 2090. The third-order valence-electron chi connectivity index (χ3n) is 10.2. The second kappa shape index (κ2) is 14.5. The van der Waals surface area contributed by atoms with Gasteiger partial charge in [-0.05, 0) is 68.0 Å². The van der Waals surface area contributed by atoms with Crippen molar-refractivity contribution in [3.8, 4) is 11.3 Å². The van der Waals surface area contributed by atoms with Crippen molar-refractivity contribution >= 4 is 49.5 Å². The van der Waals surface area contributed by atoms with Crippen LogP contribution in [0.4, 0.5) is 0 Å². The summed E-state index contributed by atoms with van der Waals surface area (Å²) < 4.78 is 6.17. The standard InChI is InChI=1S/C25H16N3O.C15H28O2.Ir/c1-14-5-3-6-17-16(14)11-12-20-22(17)26-13-27-23(20)21-8-4-7-18-19-10-9-15(2)28-25(19)29-24(18)21;1-7-14(5,8-2)12(16)11-13(17)15(6,9-3)10-4;/h3-7,9-13H,1-2H3;11,16H,7-10H2,1-6H3;/q-1;;/b;12-11-;. The summed E-state index contributed by atoms with van der Waals surface area (Å²) in [5, 5.41) is 15.5. The van der Waals surface area contributed by atoms with Gasteiger partial charge in [-0.15, -0.1) is 18.2 Å². The van der Waals surface area contributed by atoms with E-state index in [1.54, 1.807) is 6.33 Å². The maximum Gasteiger partial charge on any atom is 0.216 e. The number of hydrogen-bond acceptors (Lipinski definition) is 6. The minimum Gasteiger partial charge on any atom is -0.512 e. The number of ketones is 1. The Morgan fingerprint density at radius 1 is 0.830 bits per heavy atom. The zero-order chi connectivity index (χ0) is 33.2. The van der Waals surface area contributed by atoms with Gasteiger partial charge in [0.2, 0.25) is 5.71 Å². The predicted molar refractivity (Wildman–Crippen MR) is 189 cm³/mol. The van der Waals surface area contributed by atoms with E-state index in [9.17, 15) is 9.90 Å². The SMILES string of the molecule is CCC(C)(CC)C(=O)/C=C(\O)C(C)(CC)CC.Cc1ccc2c(n1)oc1c(-c3ncnc4c3ccc3c(C)cccc34)[c-]ccc12.[Ir]. The summed E-state index contributed by atoms with van der Waals surface area (Å²) in [6.45, 7) is 16.2. The maximum absolute atomic E-state index is 12.2. The first-order valence-electron chi connectivity index (χ1n) is 16.3. The molecule has 1 radical (unpaired) electrons. The van der Waals surface area contributed by atoms with Crippen molar-refractivity contribution in [2.75, 3.05) is 0 Å². The molecule has 0 amide bonds. The summed E-state index contributed by atoms with van der Waals surface area (Å²) in [7, 11) is 0. The number of nitrogens with zero attached hydrogens (tertiary/aromatic N) is 3. The molecule has 0 aliphatic heterocycles. The molecule has 247 valence electrons. The molecule has 0 aliphatic carbocycles. The third kappa shape index (κ3) is 6.75. The first-order chi connectivity index (χ1) is 22.0. The van der Waals surface area contributed by atoms with Crippen molar-refractivity contribution < 1.29 is 34.4 Å². The molecule has 3 heterocycles. The van der Waals surface area contributed by atoms with E-state index in [0.717, 1.165) is 75.3 Å². The van der Waals surface area contributed by atoms with E-state index in [0.29, 0.717) is 5.71 Å². The summed E-state index contributed by atoms with van der Waals surface area (Å²) >= 11 is 0. The van der Waals surface area contributed by atoms with Gasteiger partial charge in [0, 0.05) is 59.2 Å². The van der Waals surface area contributed by atoms with Gasteiger partial charge in [-0.3, -0.25) is 9.78 Å². The Morgan fingerprint density at radius 3 is 2.17 bits per heavy atom. The molecule has 6 rings (SSSR count). The Labute approximate surface area is 291 Å². The number of benzene rings is 3. The summed E-state index contributed by atoms with van der Waals surface area (Å²) in [6.07, 6.45) is 6.38. The topological polar surface area (TPSA) is 89.1 Å². The van der Waals surface area contributed by atoms with Gasteiger partial charge in [-0.1, -0.05) is 82.8 Å². The van der Waals surface area contributed by atoms with Gasteiger partial charge < -0.3 is 9.52 Å². The number of furan rings is 1. The molecular weight excluding hydrogens is 763 g/mol. The molecule has 0 saturated carbocycles. The number of rotatable bonds is 8. The predicted octanol–water partition coefficient (Wildman–Crippen LogP) is 10.8. The minimum atomic E-state index is -0.337. The van der Waals surface area contributed by atoms with Crippen molar-refractivity contribution in [1.82, 2.24) is 15.0 Å². The second-order valence-electron chi connectivity index (χ2n) is 12.8. The molecule has 3 aromatic heterocycles. The number of hydrogen-bond donors (Lipinski definition) is 1. The summed E-state index contributed by atoms with van der Waals surface area (Å²) in [5.74, 6) is 0.286.